The van der Waals surface area contributed by atoms with Gasteiger partial charge in [0.1, 0.15) is 5.58 Å². The fourth-order valence-electron chi connectivity index (χ4n) is 2.18. The molecule has 2 heterocycles. The Hall–Kier alpha value is -2.82. The van der Waals surface area contributed by atoms with Crippen molar-refractivity contribution in [3.63, 3.8) is 0 Å². The molecule has 3 rings (SSSR count). The van der Waals surface area contributed by atoms with Gasteiger partial charge in [0.05, 0.1) is 6.61 Å². The van der Waals surface area contributed by atoms with Gasteiger partial charge in [-0.05, 0) is 25.1 Å². The zero-order valence-corrected chi connectivity index (χ0v) is 12.2. The molecular formula is C17H16N2O3. The van der Waals surface area contributed by atoms with Gasteiger partial charge in [0.25, 0.3) is 5.91 Å². The van der Waals surface area contributed by atoms with Crippen LogP contribution in [0.4, 0.5) is 0 Å². The zero-order chi connectivity index (χ0) is 15.4. The Balaban J connectivity index is 1.72. The highest BCUT2D eigenvalue weighted by Gasteiger charge is 2.13. The molecule has 112 valence electrons. The van der Waals surface area contributed by atoms with Gasteiger partial charge in [-0.2, -0.15) is 0 Å². The van der Waals surface area contributed by atoms with E-state index in [9.17, 15) is 4.79 Å². The number of hydrogen-bond donors (Lipinski definition) is 1. The molecular weight excluding hydrogens is 280 g/mol. The van der Waals surface area contributed by atoms with Crippen molar-refractivity contribution in [2.75, 3.05) is 6.61 Å². The molecule has 0 aliphatic heterocycles. The van der Waals surface area contributed by atoms with E-state index >= 15 is 0 Å². The average Bonchev–Trinajstić information content (AvgIpc) is 2.98. The molecule has 5 heteroatoms. The van der Waals surface area contributed by atoms with Crippen molar-refractivity contribution in [1.82, 2.24) is 10.3 Å². The first-order chi connectivity index (χ1) is 10.8. The van der Waals surface area contributed by atoms with Gasteiger partial charge in [-0.3, -0.25) is 4.79 Å². The summed E-state index contributed by atoms with van der Waals surface area (Å²) < 4.78 is 11.0. The van der Waals surface area contributed by atoms with E-state index in [1.807, 2.05) is 43.3 Å². The Kier molecular flexibility index (Phi) is 4.05. The Labute approximate surface area is 127 Å². The Morgan fingerprint density at radius 3 is 2.95 bits per heavy atom. The number of furan rings is 1. The first-order valence-electron chi connectivity index (χ1n) is 7.11. The summed E-state index contributed by atoms with van der Waals surface area (Å²) in [4.78, 5) is 16.3. The Bertz CT molecular complexity index is 762. The maximum absolute atomic E-state index is 12.2. The summed E-state index contributed by atoms with van der Waals surface area (Å²) in [5.41, 5.74) is 1.53. The van der Waals surface area contributed by atoms with E-state index in [2.05, 4.69) is 10.3 Å². The van der Waals surface area contributed by atoms with Crippen LogP contribution >= 0.6 is 0 Å². The van der Waals surface area contributed by atoms with Gasteiger partial charge in [0.2, 0.25) is 5.88 Å². The standard InChI is InChI=1S/C17H16N2O3/c1-2-21-17-13(7-5-9-18-17)11-19-16(20)15-10-12-6-3-4-8-14(12)22-15/h3-10H,2,11H2,1H3,(H,19,20). The minimum absolute atomic E-state index is 0.262. The van der Waals surface area contributed by atoms with Gasteiger partial charge < -0.3 is 14.5 Å². The van der Waals surface area contributed by atoms with Crippen molar-refractivity contribution in [3.05, 3.63) is 60.0 Å². The van der Waals surface area contributed by atoms with Gasteiger partial charge in [-0.15, -0.1) is 0 Å². The van der Waals surface area contributed by atoms with Gasteiger partial charge >= 0.3 is 0 Å². The molecule has 1 amide bonds. The summed E-state index contributed by atoms with van der Waals surface area (Å²) in [5.74, 6) is 0.570. The lowest BCUT2D eigenvalue weighted by Gasteiger charge is -2.08. The molecule has 0 aliphatic carbocycles. The van der Waals surface area contributed by atoms with Crippen LogP contribution in [0, 0.1) is 0 Å². The molecule has 0 spiro atoms. The van der Waals surface area contributed by atoms with Crippen LogP contribution in [0.2, 0.25) is 0 Å². The van der Waals surface area contributed by atoms with Crippen molar-refractivity contribution >= 4 is 16.9 Å². The number of hydrogen-bond acceptors (Lipinski definition) is 4. The van der Waals surface area contributed by atoms with Crippen LogP contribution in [0.5, 0.6) is 5.88 Å². The number of para-hydroxylation sites is 1. The van der Waals surface area contributed by atoms with Crippen LogP contribution in [0.15, 0.2) is 53.1 Å². The predicted octanol–water partition coefficient (Wildman–Crippen LogP) is 3.16. The van der Waals surface area contributed by atoms with E-state index in [4.69, 9.17) is 9.15 Å². The van der Waals surface area contributed by atoms with Crippen LogP contribution in [0.1, 0.15) is 23.0 Å². The molecule has 0 saturated carbocycles. The minimum atomic E-state index is -0.262. The highest BCUT2D eigenvalue weighted by molar-refractivity contribution is 5.96. The summed E-state index contributed by atoms with van der Waals surface area (Å²) in [6.45, 7) is 2.76. The van der Waals surface area contributed by atoms with Crippen molar-refractivity contribution in [2.45, 2.75) is 13.5 Å². The van der Waals surface area contributed by atoms with Gasteiger partial charge in [-0.1, -0.05) is 24.3 Å². The van der Waals surface area contributed by atoms with Crippen molar-refractivity contribution in [1.29, 1.82) is 0 Å². The lowest BCUT2D eigenvalue weighted by atomic mass is 10.2. The number of amides is 1. The Morgan fingerprint density at radius 2 is 2.14 bits per heavy atom. The van der Waals surface area contributed by atoms with E-state index in [-0.39, 0.29) is 5.91 Å². The number of carbonyl (C=O) groups is 1. The first kappa shape index (κ1) is 14.1. The van der Waals surface area contributed by atoms with Crippen LogP contribution in [-0.4, -0.2) is 17.5 Å². The molecule has 22 heavy (non-hydrogen) atoms. The smallest absolute Gasteiger partial charge is 0.287 e. The third kappa shape index (κ3) is 2.93. The third-order valence-corrected chi connectivity index (χ3v) is 3.22. The lowest BCUT2D eigenvalue weighted by molar-refractivity contribution is 0.0925. The number of nitrogens with one attached hydrogen (secondary N) is 1. The maximum atomic E-state index is 12.2. The van der Waals surface area contributed by atoms with E-state index in [0.29, 0.717) is 30.4 Å². The number of pyridine rings is 1. The molecule has 3 aromatic rings. The largest absolute Gasteiger partial charge is 0.478 e. The molecule has 0 radical (unpaired) electrons. The lowest BCUT2D eigenvalue weighted by Crippen LogP contribution is -2.22. The normalized spacial score (nSPS) is 10.6. The van der Waals surface area contributed by atoms with Crippen LogP contribution in [0.25, 0.3) is 11.0 Å². The Morgan fingerprint density at radius 1 is 1.27 bits per heavy atom. The van der Waals surface area contributed by atoms with Gasteiger partial charge in [0, 0.05) is 23.7 Å². The van der Waals surface area contributed by atoms with E-state index < -0.39 is 0 Å². The van der Waals surface area contributed by atoms with Gasteiger partial charge in [-0.25, -0.2) is 4.98 Å². The molecule has 1 N–H and O–H groups in total. The summed E-state index contributed by atoms with van der Waals surface area (Å²) in [6, 6.07) is 12.9. The number of nitrogens with zero attached hydrogens (tertiary/aromatic N) is 1. The van der Waals surface area contributed by atoms with Gasteiger partial charge in [0.15, 0.2) is 5.76 Å². The zero-order valence-electron chi connectivity index (χ0n) is 12.2. The number of fused-ring (bicyclic) bond motifs is 1. The number of benzene rings is 1. The average molecular weight is 296 g/mol. The highest BCUT2D eigenvalue weighted by Crippen LogP contribution is 2.19. The van der Waals surface area contributed by atoms with Crippen molar-refractivity contribution in [3.8, 4) is 5.88 Å². The fraction of sp³-hybridized carbons (Fsp3) is 0.176. The molecule has 0 atom stereocenters. The monoisotopic (exact) mass is 296 g/mol. The van der Waals surface area contributed by atoms with Crippen molar-refractivity contribution in [2.24, 2.45) is 0 Å². The second-order valence-corrected chi connectivity index (χ2v) is 4.73. The number of carbonyl (C=O) groups excluding carboxylic acids is 1. The molecule has 0 bridgehead atoms. The molecule has 2 aromatic heterocycles. The summed E-state index contributed by atoms with van der Waals surface area (Å²) >= 11 is 0. The van der Waals surface area contributed by atoms with Crippen molar-refractivity contribution < 1.29 is 13.9 Å². The first-order valence-corrected chi connectivity index (χ1v) is 7.11. The van der Waals surface area contributed by atoms with E-state index in [1.54, 1.807) is 12.3 Å². The quantitative estimate of drug-likeness (QED) is 0.785. The second kappa shape index (κ2) is 6.30. The second-order valence-electron chi connectivity index (χ2n) is 4.73. The summed E-state index contributed by atoms with van der Waals surface area (Å²) in [6.07, 6.45) is 1.66. The van der Waals surface area contributed by atoms with Crippen LogP contribution in [0.3, 0.4) is 0 Å². The van der Waals surface area contributed by atoms with Crippen LogP contribution < -0.4 is 10.1 Å². The van der Waals surface area contributed by atoms with E-state index in [1.165, 1.54) is 0 Å². The SMILES string of the molecule is CCOc1ncccc1CNC(=O)c1cc2ccccc2o1. The van der Waals surface area contributed by atoms with Crippen LogP contribution in [-0.2, 0) is 6.54 Å². The summed E-state index contributed by atoms with van der Waals surface area (Å²) in [5, 5.41) is 3.73. The summed E-state index contributed by atoms with van der Waals surface area (Å²) in [7, 11) is 0. The topological polar surface area (TPSA) is 64.4 Å². The number of aromatic nitrogens is 1. The number of rotatable bonds is 5. The highest BCUT2D eigenvalue weighted by atomic mass is 16.5. The number of ether oxygens (including phenoxy) is 1. The molecule has 5 nitrogen and oxygen atoms in total. The molecule has 0 unspecified atom stereocenters. The maximum Gasteiger partial charge on any atom is 0.287 e. The predicted molar refractivity (Wildman–Crippen MR) is 82.8 cm³/mol. The molecule has 0 fully saturated rings. The minimum Gasteiger partial charge on any atom is -0.478 e. The molecule has 0 saturated heterocycles. The molecule has 0 aliphatic rings. The van der Waals surface area contributed by atoms with E-state index in [0.717, 1.165) is 10.9 Å². The fourth-order valence-corrected chi connectivity index (χ4v) is 2.18. The molecule has 1 aromatic carbocycles. The third-order valence-electron chi connectivity index (χ3n) is 3.22.